The molecule has 4 heterocycles. The molecule has 0 radical (unpaired) electrons. The molecule has 1 atom stereocenters. The number of hydrogen-bond donors (Lipinski definition) is 1. The SMILES string of the molecule is Cc1cc2c(cc1-c1ccnc3nc(-c4cccnc4)nn13)[C@H](C)CC(C)(C)N2. The fourth-order valence-corrected chi connectivity index (χ4v) is 4.42. The maximum atomic E-state index is 4.74. The van der Waals surface area contributed by atoms with Crippen molar-refractivity contribution in [2.45, 2.75) is 45.6 Å². The molecular weight excluding hydrogens is 360 g/mol. The van der Waals surface area contributed by atoms with E-state index in [1.807, 2.05) is 22.7 Å². The predicted molar refractivity (Wildman–Crippen MR) is 115 cm³/mol. The summed E-state index contributed by atoms with van der Waals surface area (Å²) >= 11 is 0. The molecule has 0 saturated heterocycles. The first-order chi connectivity index (χ1) is 13.9. The van der Waals surface area contributed by atoms with Crippen LogP contribution in [0.15, 0.2) is 48.9 Å². The number of fused-ring (bicyclic) bond motifs is 2. The van der Waals surface area contributed by atoms with Crippen molar-refractivity contribution in [1.29, 1.82) is 0 Å². The molecular formula is C23H24N6. The van der Waals surface area contributed by atoms with Crippen LogP contribution in [0, 0.1) is 6.92 Å². The average molecular weight is 384 g/mol. The molecule has 0 amide bonds. The highest BCUT2D eigenvalue weighted by atomic mass is 15.3. The Morgan fingerprint density at radius 3 is 2.83 bits per heavy atom. The molecule has 4 aromatic rings. The minimum Gasteiger partial charge on any atom is -0.380 e. The molecule has 1 aromatic carbocycles. The van der Waals surface area contributed by atoms with E-state index in [2.05, 4.69) is 60.1 Å². The number of rotatable bonds is 2. The largest absolute Gasteiger partial charge is 0.380 e. The molecule has 146 valence electrons. The van der Waals surface area contributed by atoms with Crippen molar-refractivity contribution in [2.75, 3.05) is 5.32 Å². The number of anilines is 1. The van der Waals surface area contributed by atoms with Crippen LogP contribution in [0.25, 0.3) is 28.4 Å². The summed E-state index contributed by atoms with van der Waals surface area (Å²) in [5.74, 6) is 1.70. The Kier molecular flexibility index (Phi) is 3.91. The maximum absolute atomic E-state index is 4.74. The summed E-state index contributed by atoms with van der Waals surface area (Å²) in [6.07, 6.45) is 6.42. The van der Waals surface area contributed by atoms with Crippen molar-refractivity contribution in [2.24, 2.45) is 0 Å². The number of aryl methyl sites for hydroxylation is 1. The molecule has 6 heteroatoms. The maximum Gasteiger partial charge on any atom is 0.253 e. The van der Waals surface area contributed by atoms with Gasteiger partial charge >= 0.3 is 0 Å². The molecule has 0 saturated carbocycles. The molecule has 0 bridgehead atoms. The van der Waals surface area contributed by atoms with Crippen LogP contribution in [0.1, 0.15) is 44.2 Å². The van der Waals surface area contributed by atoms with E-state index in [9.17, 15) is 0 Å². The zero-order valence-electron chi connectivity index (χ0n) is 17.1. The number of nitrogens with zero attached hydrogens (tertiary/aromatic N) is 5. The van der Waals surface area contributed by atoms with Crippen LogP contribution in [-0.2, 0) is 0 Å². The van der Waals surface area contributed by atoms with Crippen LogP contribution < -0.4 is 5.32 Å². The Morgan fingerprint density at radius 1 is 1.17 bits per heavy atom. The van der Waals surface area contributed by atoms with Gasteiger partial charge in [0.1, 0.15) is 0 Å². The number of benzene rings is 1. The fraction of sp³-hybridized carbons (Fsp3) is 0.304. The highest BCUT2D eigenvalue weighted by Gasteiger charge is 2.30. The predicted octanol–water partition coefficient (Wildman–Crippen LogP) is 4.86. The Labute approximate surface area is 170 Å². The Bertz CT molecular complexity index is 1210. The van der Waals surface area contributed by atoms with Crippen LogP contribution in [-0.4, -0.2) is 30.1 Å². The van der Waals surface area contributed by atoms with Crippen molar-refractivity contribution in [3.8, 4) is 22.6 Å². The van der Waals surface area contributed by atoms with Gasteiger partial charge in [0.25, 0.3) is 5.78 Å². The van der Waals surface area contributed by atoms with Gasteiger partial charge in [-0.05, 0) is 74.6 Å². The van der Waals surface area contributed by atoms with Gasteiger partial charge < -0.3 is 5.32 Å². The Morgan fingerprint density at radius 2 is 2.03 bits per heavy atom. The highest BCUT2D eigenvalue weighted by molar-refractivity contribution is 5.73. The van der Waals surface area contributed by atoms with Crippen LogP contribution in [0.3, 0.4) is 0 Å². The first-order valence-electron chi connectivity index (χ1n) is 9.96. The first kappa shape index (κ1) is 17.8. The quantitative estimate of drug-likeness (QED) is 0.534. The summed E-state index contributed by atoms with van der Waals surface area (Å²) in [6.45, 7) is 8.97. The number of hydrogen-bond acceptors (Lipinski definition) is 5. The summed E-state index contributed by atoms with van der Waals surface area (Å²) in [5, 5.41) is 8.44. The minimum absolute atomic E-state index is 0.106. The van der Waals surface area contributed by atoms with Gasteiger partial charge in [-0.3, -0.25) is 4.98 Å². The van der Waals surface area contributed by atoms with Crippen molar-refractivity contribution >= 4 is 11.5 Å². The summed E-state index contributed by atoms with van der Waals surface area (Å²) in [4.78, 5) is 13.2. The van der Waals surface area contributed by atoms with Crippen molar-refractivity contribution in [3.05, 3.63) is 60.0 Å². The Hall–Kier alpha value is -3.28. The lowest BCUT2D eigenvalue weighted by atomic mass is 9.80. The third kappa shape index (κ3) is 3.05. The standard InChI is InChI=1S/C23H24N6/c1-14-10-19-17(15(2)12-23(3,4)27-19)11-18(14)20-7-9-25-22-26-21(28-29(20)22)16-6-5-8-24-13-16/h5-11,13,15,27H,12H2,1-4H3/t15-/m1/s1. The molecule has 0 aliphatic carbocycles. The van der Waals surface area contributed by atoms with E-state index < -0.39 is 0 Å². The zero-order chi connectivity index (χ0) is 20.2. The minimum atomic E-state index is 0.106. The van der Waals surface area contributed by atoms with Crippen LogP contribution in [0.4, 0.5) is 5.69 Å². The van der Waals surface area contributed by atoms with E-state index in [1.165, 1.54) is 16.8 Å². The van der Waals surface area contributed by atoms with Crippen LogP contribution in [0.5, 0.6) is 0 Å². The highest BCUT2D eigenvalue weighted by Crippen LogP contribution is 2.41. The van der Waals surface area contributed by atoms with Gasteiger partial charge in [-0.2, -0.15) is 9.50 Å². The normalized spacial score (nSPS) is 17.7. The van der Waals surface area contributed by atoms with Crippen LogP contribution >= 0.6 is 0 Å². The second-order valence-electron chi connectivity index (χ2n) is 8.59. The molecule has 1 aliphatic rings. The van der Waals surface area contributed by atoms with E-state index >= 15 is 0 Å². The van der Waals surface area contributed by atoms with Crippen LogP contribution in [0.2, 0.25) is 0 Å². The number of aromatic nitrogens is 5. The smallest absolute Gasteiger partial charge is 0.253 e. The van der Waals surface area contributed by atoms with E-state index in [0.717, 1.165) is 23.2 Å². The fourth-order valence-electron chi connectivity index (χ4n) is 4.42. The zero-order valence-corrected chi connectivity index (χ0v) is 17.1. The van der Waals surface area contributed by atoms with E-state index in [1.54, 1.807) is 18.6 Å². The van der Waals surface area contributed by atoms with Gasteiger partial charge in [0, 0.05) is 40.9 Å². The number of nitrogens with one attached hydrogen (secondary N) is 1. The molecule has 3 aromatic heterocycles. The second kappa shape index (κ2) is 6.37. The third-order valence-corrected chi connectivity index (χ3v) is 5.65. The van der Waals surface area contributed by atoms with Crippen molar-refractivity contribution in [3.63, 3.8) is 0 Å². The van der Waals surface area contributed by atoms with Gasteiger partial charge in [0.15, 0.2) is 5.82 Å². The lowest BCUT2D eigenvalue weighted by Gasteiger charge is -2.38. The van der Waals surface area contributed by atoms with Gasteiger partial charge in [-0.25, -0.2) is 4.98 Å². The van der Waals surface area contributed by atoms with Gasteiger partial charge in [-0.1, -0.05) is 6.92 Å². The van der Waals surface area contributed by atoms with Crippen molar-refractivity contribution in [1.82, 2.24) is 24.6 Å². The summed E-state index contributed by atoms with van der Waals surface area (Å²) in [6, 6.07) is 10.4. The monoisotopic (exact) mass is 384 g/mol. The molecule has 29 heavy (non-hydrogen) atoms. The molecule has 0 spiro atoms. The molecule has 1 N–H and O–H groups in total. The lowest BCUT2D eigenvalue weighted by Crippen LogP contribution is -2.36. The summed E-state index contributed by atoms with van der Waals surface area (Å²) in [5.41, 5.74) is 6.92. The third-order valence-electron chi connectivity index (χ3n) is 5.65. The molecule has 6 nitrogen and oxygen atoms in total. The molecule has 0 unspecified atom stereocenters. The molecule has 0 fully saturated rings. The summed E-state index contributed by atoms with van der Waals surface area (Å²) < 4.78 is 1.84. The van der Waals surface area contributed by atoms with E-state index in [4.69, 9.17) is 5.10 Å². The second-order valence-corrected chi connectivity index (χ2v) is 8.59. The molecule has 1 aliphatic heterocycles. The summed E-state index contributed by atoms with van der Waals surface area (Å²) in [7, 11) is 0. The topological polar surface area (TPSA) is 68.0 Å². The van der Waals surface area contributed by atoms with E-state index in [0.29, 0.717) is 17.5 Å². The molecule has 5 rings (SSSR count). The van der Waals surface area contributed by atoms with E-state index in [-0.39, 0.29) is 5.54 Å². The van der Waals surface area contributed by atoms with Gasteiger partial charge in [0.2, 0.25) is 0 Å². The van der Waals surface area contributed by atoms with Gasteiger partial charge in [-0.15, -0.1) is 5.10 Å². The number of pyridine rings is 1. The van der Waals surface area contributed by atoms with Gasteiger partial charge in [0.05, 0.1) is 5.69 Å². The first-order valence-corrected chi connectivity index (χ1v) is 9.96. The lowest BCUT2D eigenvalue weighted by molar-refractivity contribution is 0.454. The Balaban J connectivity index is 1.67. The average Bonchev–Trinajstić information content (AvgIpc) is 3.12. The van der Waals surface area contributed by atoms with Crippen molar-refractivity contribution < 1.29 is 0 Å².